The van der Waals surface area contributed by atoms with E-state index in [1.54, 1.807) is 18.2 Å². The second kappa shape index (κ2) is 9.63. The second-order valence-electron chi connectivity index (χ2n) is 8.22. The third-order valence-electron chi connectivity index (χ3n) is 4.58. The summed E-state index contributed by atoms with van der Waals surface area (Å²) in [7, 11) is -3.79. The Bertz CT molecular complexity index is 1200. The molecule has 32 heavy (non-hydrogen) atoms. The van der Waals surface area contributed by atoms with Crippen molar-refractivity contribution < 1.29 is 17.9 Å². The molecule has 8 heteroatoms. The van der Waals surface area contributed by atoms with Crippen LogP contribution in [0.1, 0.15) is 26.3 Å². The van der Waals surface area contributed by atoms with Gasteiger partial charge >= 0.3 is 0 Å². The number of carbonyl (C=O) groups is 1. The lowest BCUT2D eigenvalue weighted by molar-refractivity contribution is -0.118. The Kier molecular flexibility index (Phi) is 7.11. The van der Waals surface area contributed by atoms with Crippen LogP contribution < -0.4 is 14.8 Å². The molecule has 0 fully saturated rings. The zero-order valence-corrected chi connectivity index (χ0v) is 19.6. The van der Waals surface area contributed by atoms with Gasteiger partial charge in [0, 0.05) is 10.7 Å². The molecular weight excluding hydrogens is 448 g/mol. The fourth-order valence-electron chi connectivity index (χ4n) is 3.04. The molecule has 0 atom stereocenters. The molecule has 1 amide bonds. The van der Waals surface area contributed by atoms with Gasteiger partial charge in [-0.25, -0.2) is 8.42 Å². The Morgan fingerprint density at radius 2 is 1.62 bits per heavy atom. The number of carbonyl (C=O) groups excluding carboxylic acids is 1. The maximum Gasteiger partial charge on any atom is 0.262 e. The van der Waals surface area contributed by atoms with Gasteiger partial charge in [-0.05, 0) is 59.5 Å². The van der Waals surface area contributed by atoms with Crippen molar-refractivity contribution in [2.75, 3.05) is 16.6 Å². The summed E-state index contributed by atoms with van der Waals surface area (Å²) in [4.78, 5) is 12.4. The van der Waals surface area contributed by atoms with Crippen LogP contribution in [0.2, 0.25) is 5.02 Å². The third-order valence-corrected chi connectivity index (χ3v) is 6.21. The van der Waals surface area contributed by atoms with E-state index in [-0.39, 0.29) is 22.8 Å². The first kappa shape index (κ1) is 23.6. The quantitative estimate of drug-likeness (QED) is 0.478. The van der Waals surface area contributed by atoms with Gasteiger partial charge in [0.2, 0.25) is 0 Å². The van der Waals surface area contributed by atoms with Crippen LogP contribution in [0.25, 0.3) is 0 Å². The fraction of sp³-hybridized carbons (Fsp3) is 0.208. The standard InChI is InChI=1S/C24H25ClN2O4S/c1-24(2,3)21-9-4-5-10-22(21)31-16-23(28)26-18-11-13-20(14-12-18)32(29,30)27-19-8-6-7-17(25)15-19/h4-15,27H,16H2,1-3H3,(H,26,28). The minimum atomic E-state index is -3.79. The molecule has 0 radical (unpaired) electrons. The van der Waals surface area contributed by atoms with Crippen LogP contribution in [-0.2, 0) is 20.2 Å². The van der Waals surface area contributed by atoms with E-state index in [0.717, 1.165) is 5.56 Å². The van der Waals surface area contributed by atoms with Crippen LogP contribution in [-0.4, -0.2) is 20.9 Å². The summed E-state index contributed by atoms with van der Waals surface area (Å²) in [5.41, 5.74) is 1.72. The number of sulfonamides is 1. The topological polar surface area (TPSA) is 84.5 Å². The molecule has 0 spiro atoms. The smallest absolute Gasteiger partial charge is 0.262 e. The van der Waals surface area contributed by atoms with E-state index in [2.05, 4.69) is 30.8 Å². The van der Waals surface area contributed by atoms with Crippen molar-refractivity contribution in [3.63, 3.8) is 0 Å². The number of hydrogen-bond donors (Lipinski definition) is 2. The highest BCUT2D eigenvalue weighted by atomic mass is 35.5. The Morgan fingerprint density at radius 3 is 2.28 bits per heavy atom. The fourth-order valence-corrected chi connectivity index (χ4v) is 4.28. The minimum Gasteiger partial charge on any atom is -0.483 e. The second-order valence-corrected chi connectivity index (χ2v) is 10.3. The van der Waals surface area contributed by atoms with E-state index in [4.69, 9.17) is 16.3 Å². The zero-order valence-electron chi connectivity index (χ0n) is 18.1. The summed E-state index contributed by atoms with van der Waals surface area (Å²) in [6, 6.07) is 19.9. The number of halogens is 1. The molecule has 168 valence electrons. The van der Waals surface area contributed by atoms with Crippen LogP contribution in [0.3, 0.4) is 0 Å². The van der Waals surface area contributed by atoms with Gasteiger partial charge in [-0.3, -0.25) is 9.52 Å². The molecule has 0 saturated carbocycles. The molecule has 2 N–H and O–H groups in total. The van der Waals surface area contributed by atoms with Crippen molar-refractivity contribution in [2.45, 2.75) is 31.1 Å². The highest BCUT2D eigenvalue weighted by Gasteiger charge is 2.19. The van der Waals surface area contributed by atoms with Gasteiger partial charge in [0.05, 0.1) is 10.6 Å². The molecule has 0 unspecified atom stereocenters. The highest BCUT2D eigenvalue weighted by Crippen LogP contribution is 2.31. The van der Waals surface area contributed by atoms with Gasteiger partial charge in [-0.1, -0.05) is 56.6 Å². The van der Waals surface area contributed by atoms with E-state index in [1.807, 2.05) is 24.3 Å². The van der Waals surface area contributed by atoms with E-state index < -0.39 is 10.0 Å². The molecule has 0 aliphatic rings. The zero-order chi connectivity index (χ0) is 23.4. The molecule has 3 aromatic carbocycles. The first-order chi connectivity index (χ1) is 15.0. The summed E-state index contributed by atoms with van der Waals surface area (Å²) in [6.45, 7) is 6.06. The van der Waals surface area contributed by atoms with Crippen molar-refractivity contribution in [3.8, 4) is 5.75 Å². The molecule has 3 aromatic rings. The lowest BCUT2D eigenvalue weighted by Gasteiger charge is -2.22. The molecule has 0 bridgehead atoms. The molecule has 0 aromatic heterocycles. The number of para-hydroxylation sites is 1. The number of nitrogens with one attached hydrogen (secondary N) is 2. The summed E-state index contributed by atoms with van der Waals surface area (Å²) >= 11 is 5.90. The maximum atomic E-state index is 12.6. The number of amides is 1. The van der Waals surface area contributed by atoms with Crippen LogP contribution in [0, 0.1) is 0 Å². The Morgan fingerprint density at radius 1 is 0.938 bits per heavy atom. The molecule has 0 saturated heterocycles. The van der Waals surface area contributed by atoms with Gasteiger partial charge in [0.15, 0.2) is 6.61 Å². The Labute approximate surface area is 193 Å². The Hall–Kier alpha value is -3.03. The summed E-state index contributed by atoms with van der Waals surface area (Å²) in [5, 5.41) is 3.14. The van der Waals surface area contributed by atoms with Crippen LogP contribution in [0.15, 0.2) is 77.7 Å². The normalized spacial score (nSPS) is 11.6. The largest absolute Gasteiger partial charge is 0.483 e. The van der Waals surface area contributed by atoms with Crippen LogP contribution >= 0.6 is 11.6 Å². The van der Waals surface area contributed by atoms with Gasteiger partial charge < -0.3 is 10.1 Å². The third kappa shape index (κ3) is 6.24. The van der Waals surface area contributed by atoms with Crippen molar-refractivity contribution >= 4 is 38.9 Å². The molecule has 3 rings (SSSR count). The van der Waals surface area contributed by atoms with Crippen molar-refractivity contribution in [1.82, 2.24) is 0 Å². The van der Waals surface area contributed by atoms with E-state index in [9.17, 15) is 13.2 Å². The molecular formula is C24H25ClN2O4S. The molecule has 0 aliphatic heterocycles. The SMILES string of the molecule is CC(C)(C)c1ccccc1OCC(=O)Nc1ccc(S(=O)(=O)Nc2cccc(Cl)c2)cc1. The number of rotatable bonds is 7. The lowest BCUT2D eigenvalue weighted by atomic mass is 9.86. The predicted molar refractivity (Wildman–Crippen MR) is 128 cm³/mol. The average Bonchev–Trinajstić information content (AvgIpc) is 2.72. The van der Waals surface area contributed by atoms with Crippen LogP contribution in [0.4, 0.5) is 11.4 Å². The summed E-state index contributed by atoms with van der Waals surface area (Å²) in [6.07, 6.45) is 0. The molecule has 0 aliphatic carbocycles. The average molecular weight is 473 g/mol. The van der Waals surface area contributed by atoms with E-state index >= 15 is 0 Å². The first-order valence-corrected chi connectivity index (χ1v) is 11.8. The van der Waals surface area contributed by atoms with Crippen LogP contribution in [0.5, 0.6) is 5.75 Å². The first-order valence-electron chi connectivity index (χ1n) is 9.95. The van der Waals surface area contributed by atoms with Crippen molar-refractivity contribution in [1.29, 1.82) is 0 Å². The maximum absolute atomic E-state index is 12.6. The van der Waals surface area contributed by atoms with E-state index in [0.29, 0.717) is 22.1 Å². The van der Waals surface area contributed by atoms with Gasteiger partial charge in [-0.15, -0.1) is 0 Å². The van der Waals surface area contributed by atoms with Gasteiger partial charge in [0.25, 0.3) is 15.9 Å². The summed E-state index contributed by atoms with van der Waals surface area (Å²) < 4.78 is 33.3. The van der Waals surface area contributed by atoms with Crippen molar-refractivity contribution in [2.24, 2.45) is 0 Å². The molecule has 6 nitrogen and oxygen atoms in total. The number of benzene rings is 3. The number of ether oxygens (including phenoxy) is 1. The number of hydrogen-bond acceptors (Lipinski definition) is 4. The van der Waals surface area contributed by atoms with Gasteiger partial charge in [0.1, 0.15) is 5.75 Å². The van der Waals surface area contributed by atoms with E-state index in [1.165, 1.54) is 30.3 Å². The minimum absolute atomic E-state index is 0.0610. The van der Waals surface area contributed by atoms with Crippen molar-refractivity contribution in [3.05, 3.63) is 83.4 Å². The highest BCUT2D eigenvalue weighted by molar-refractivity contribution is 7.92. The lowest BCUT2D eigenvalue weighted by Crippen LogP contribution is -2.22. The Balaban J connectivity index is 1.62. The molecule has 0 heterocycles. The number of anilines is 2. The monoisotopic (exact) mass is 472 g/mol. The summed E-state index contributed by atoms with van der Waals surface area (Å²) in [5.74, 6) is 0.310. The van der Waals surface area contributed by atoms with Gasteiger partial charge in [-0.2, -0.15) is 0 Å². The predicted octanol–water partition coefficient (Wildman–Crippen LogP) is 5.46.